The lowest BCUT2D eigenvalue weighted by molar-refractivity contribution is 0.685. The predicted molar refractivity (Wildman–Crippen MR) is 79.1 cm³/mol. The van der Waals surface area contributed by atoms with Gasteiger partial charge in [-0.3, -0.25) is 9.36 Å². The summed E-state index contributed by atoms with van der Waals surface area (Å²) < 4.78 is 3.64. The van der Waals surface area contributed by atoms with Crippen molar-refractivity contribution in [2.24, 2.45) is 7.05 Å². The molecule has 0 aliphatic rings. The summed E-state index contributed by atoms with van der Waals surface area (Å²) in [7, 11) is 1.88. The van der Waals surface area contributed by atoms with Crippen LogP contribution in [0.3, 0.4) is 0 Å². The summed E-state index contributed by atoms with van der Waals surface area (Å²) >= 11 is 0. The Morgan fingerprint density at radius 3 is 2.55 bits per heavy atom. The Morgan fingerprint density at radius 2 is 1.90 bits per heavy atom. The number of aryl methyl sites for hydroxylation is 2. The van der Waals surface area contributed by atoms with Crippen molar-refractivity contribution in [2.75, 3.05) is 5.73 Å². The third-order valence-electron chi connectivity index (χ3n) is 3.32. The molecular formula is C15H17N5. The third kappa shape index (κ3) is 2.30. The van der Waals surface area contributed by atoms with E-state index in [1.165, 1.54) is 11.1 Å². The van der Waals surface area contributed by atoms with Crippen molar-refractivity contribution in [1.29, 1.82) is 0 Å². The van der Waals surface area contributed by atoms with Gasteiger partial charge in [-0.2, -0.15) is 10.2 Å². The Morgan fingerprint density at radius 1 is 1.15 bits per heavy atom. The van der Waals surface area contributed by atoms with Crippen LogP contribution in [-0.4, -0.2) is 19.6 Å². The molecule has 3 rings (SSSR count). The normalized spacial score (nSPS) is 10.9. The van der Waals surface area contributed by atoms with E-state index >= 15 is 0 Å². The van der Waals surface area contributed by atoms with E-state index in [-0.39, 0.29) is 0 Å². The second kappa shape index (κ2) is 4.85. The fourth-order valence-electron chi connectivity index (χ4n) is 2.20. The zero-order valence-electron chi connectivity index (χ0n) is 11.6. The topological polar surface area (TPSA) is 61.7 Å². The molecule has 2 aromatic heterocycles. The number of hydrogen-bond donors (Lipinski definition) is 1. The van der Waals surface area contributed by atoms with Crippen LogP contribution in [0.25, 0.3) is 11.4 Å². The van der Waals surface area contributed by atoms with Gasteiger partial charge in [0.1, 0.15) is 5.69 Å². The summed E-state index contributed by atoms with van der Waals surface area (Å²) in [6.07, 6.45) is 3.61. The van der Waals surface area contributed by atoms with E-state index in [1.54, 1.807) is 10.9 Å². The second-order valence-corrected chi connectivity index (χ2v) is 4.96. The SMILES string of the molecule is Cc1ccc(Cn2cc(N)c(-c3ccnn3C)n2)cc1. The first kappa shape index (κ1) is 12.5. The molecule has 0 bridgehead atoms. The summed E-state index contributed by atoms with van der Waals surface area (Å²) in [6.45, 7) is 2.79. The highest BCUT2D eigenvalue weighted by molar-refractivity contribution is 5.69. The van der Waals surface area contributed by atoms with Gasteiger partial charge >= 0.3 is 0 Å². The molecule has 0 saturated carbocycles. The molecule has 3 aromatic rings. The Kier molecular flexibility index (Phi) is 3.02. The molecule has 0 spiro atoms. The summed E-state index contributed by atoms with van der Waals surface area (Å²) in [5, 5.41) is 8.71. The highest BCUT2D eigenvalue weighted by Crippen LogP contribution is 2.23. The van der Waals surface area contributed by atoms with Crippen LogP contribution >= 0.6 is 0 Å². The van der Waals surface area contributed by atoms with E-state index < -0.39 is 0 Å². The molecule has 5 nitrogen and oxygen atoms in total. The lowest BCUT2D eigenvalue weighted by atomic mass is 10.1. The number of rotatable bonds is 3. The third-order valence-corrected chi connectivity index (χ3v) is 3.32. The van der Waals surface area contributed by atoms with Gasteiger partial charge in [-0.15, -0.1) is 0 Å². The molecule has 2 N–H and O–H groups in total. The zero-order chi connectivity index (χ0) is 14.1. The van der Waals surface area contributed by atoms with Crippen molar-refractivity contribution >= 4 is 5.69 Å². The molecule has 1 aromatic carbocycles. The fraction of sp³-hybridized carbons (Fsp3) is 0.200. The first-order valence-electron chi connectivity index (χ1n) is 6.50. The molecule has 0 amide bonds. The van der Waals surface area contributed by atoms with Gasteiger partial charge in [-0.25, -0.2) is 0 Å². The van der Waals surface area contributed by atoms with Crippen LogP contribution in [0.5, 0.6) is 0 Å². The fourth-order valence-corrected chi connectivity index (χ4v) is 2.20. The van der Waals surface area contributed by atoms with E-state index in [1.807, 2.05) is 24.0 Å². The zero-order valence-corrected chi connectivity index (χ0v) is 11.6. The number of anilines is 1. The van der Waals surface area contributed by atoms with Gasteiger partial charge in [-0.1, -0.05) is 29.8 Å². The summed E-state index contributed by atoms with van der Waals surface area (Å²) in [5.74, 6) is 0. The number of hydrogen-bond acceptors (Lipinski definition) is 3. The summed E-state index contributed by atoms with van der Waals surface area (Å²) in [4.78, 5) is 0. The molecule has 2 heterocycles. The number of aromatic nitrogens is 4. The number of nitrogen functional groups attached to an aromatic ring is 1. The van der Waals surface area contributed by atoms with Crippen molar-refractivity contribution in [1.82, 2.24) is 19.6 Å². The van der Waals surface area contributed by atoms with Gasteiger partial charge in [-0.05, 0) is 18.6 Å². The molecule has 0 aliphatic carbocycles. The average Bonchev–Trinajstić information content (AvgIpc) is 2.98. The second-order valence-electron chi connectivity index (χ2n) is 4.96. The minimum absolute atomic E-state index is 0.667. The Bertz CT molecular complexity index is 721. The lowest BCUT2D eigenvalue weighted by Crippen LogP contribution is -2.01. The number of nitrogens with two attached hydrogens (primary N) is 1. The standard InChI is InChI=1S/C15H17N5/c1-11-3-5-12(6-4-11)9-20-10-13(16)15(18-20)14-7-8-17-19(14)2/h3-8,10H,9,16H2,1-2H3. The van der Waals surface area contributed by atoms with Crippen molar-refractivity contribution in [3.63, 3.8) is 0 Å². The van der Waals surface area contributed by atoms with Crippen LogP contribution in [0.1, 0.15) is 11.1 Å². The van der Waals surface area contributed by atoms with Gasteiger partial charge in [0.15, 0.2) is 0 Å². The van der Waals surface area contributed by atoms with Crippen LogP contribution in [0, 0.1) is 6.92 Å². The maximum atomic E-state index is 6.05. The Labute approximate surface area is 117 Å². The Balaban J connectivity index is 1.89. The van der Waals surface area contributed by atoms with E-state index in [9.17, 15) is 0 Å². The van der Waals surface area contributed by atoms with Gasteiger partial charge < -0.3 is 5.73 Å². The van der Waals surface area contributed by atoms with Crippen LogP contribution in [0.4, 0.5) is 5.69 Å². The van der Waals surface area contributed by atoms with Crippen molar-refractivity contribution in [3.05, 3.63) is 53.9 Å². The molecule has 20 heavy (non-hydrogen) atoms. The summed E-state index contributed by atoms with van der Waals surface area (Å²) in [5.41, 5.74) is 10.9. The van der Waals surface area contributed by atoms with E-state index in [0.717, 1.165) is 11.4 Å². The van der Waals surface area contributed by atoms with Crippen LogP contribution < -0.4 is 5.73 Å². The molecule has 0 fully saturated rings. The minimum Gasteiger partial charge on any atom is -0.396 e. The van der Waals surface area contributed by atoms with Crippen molar-refractivity contribution in [3.8, 4) is 11.4 Å². The molecule has 0 saturated heterocycles. The molecule has 5 heteroatoms. The molecule has 102 valence electrons. The highest BCUT2D eigenvalue weighted by Gasteiger charge is 2.11. The quantitative estimate of drug-likeness (QED) is 0.791. The Hall–Kier alpha value is -2.56. The van der Waals surface area contributed by atoms with Gasteiger partial charge in [0.2, 0.25) is 0 Å². The van der Waals surface area contributed by atoms with Crippen molar-refractivity contribution in [2.45, 2.75) is 13.5 Å². The maximum Gasteiger partial charge on any atom is 0.133 e. The van der Waals surface area contributed by atoms with E-state index in [4.69, 9.17) is 5.73 Å². The van der Waals surface area contributed by atoms with E-state index in [0.29, 0.717) is 12.2 Å². The van der Waals surface area contributed by atoms with Gasteiger partial charge in [0.25, 0.3) is 0 Å². The maximum absolute atomic E-state index is 6.05. The predicted octanol–water partition coefficient (Wildman–Crippen LogP) is 2.22. The minimum atomic E-state index is 0.667. The summed E-state index contributed by atoms with van der Waals surface area (Å²) in [6, 6.07) is 10.3. The number of nitrogens with zero attached hydrogens (tertiary/aromatic N) is 4. The smallest absolute Gasteiger partial charge is 0.133 e. The largest absolute Gasteiger partial charge is 0.396 e. The van der Waals surface area contributed by atoms with Crippen LogP contribution in [-0.2, 0) is 13.6 Å². The van der Waals surface area contributed by atoms with Gasteiger partial charge in [0.05, 0.1) is 17.9 Å². The number of benzene rings is 1. The first-order chi connectivity index (χ1) is 9.63. The van der Waals surface area contributed by atoms with Crippen LogP contribution in [0.15, 0.2) is 42.7 Å². The van der Waals surface area contributed by atoms with Gasteiger partial charge in [0, 0.05) is 19.4 Å². The average molecular weight is 267 g/mol. The molecule has 0 radical (unpaired) electrons. The lowest BCUT2D eigenvalue weighted by Gasteiger charge is -2.02. The highest BCUT2D eigenvalue weighted by atomic mass is 15.3. The molecular weight excluding hydrogens is 250 g/mol. The first-order valence-corrected chi connectivity index (χ1v) is 6.50. The molecule has 0 aliphatic heterocycles. The van der Waals surface area contributed by atoms with Crippen molar-refractivity contribution < 1.29 is 0 Å². The van der Waals surface area contributed by atoms with E-state index in [2.05, 4.69) is 41.4 Å². The molecule has 0 unspecified atom stereocenters. The van der Waals surface area contributed by atoms with Crippen LogP contribution in [0.2, 0.25) is 0 Å². The monoisotopic (exact) mass is 267 g/mol. The molecule has 0 atom stereocenters.